The molecule has 4 heteroatoms. The fourth-order valence-corrected chi connectivity index (χ4v) is 1.87. The summed E-state index contributed by atoms with van der Waals surface area (Å²) < 4.78 is 1.93. The van der Waals surface area contributed by atoms with E-state index in [1.165, 1.54) is 11.3 Å². The zero-order chi connectivity index (χ0) is 8.72. The van der Waals surface area contributed by atoms with Gasteiger partial charge in [0.15, 0.2) is 4.96 Å². The number of fused-ring (bicyclic) bond motifs is 1. The second-order valence-electron chi connectivity index (χ2n) is 2.68. The molecule has 0 N–H and O–H groups in total. The van der Waals surface area contributed by atoms with E-state index in [0.717, 1.165) is 16.2 Å². The van der Waals surface area contributed by atoms with Crippen molar-refractivity contribution in [2.75, 3.05) is 0 Å². The molecule has 12 heavy (non-hydrogen) atoms. The Morgan fingerprint density at radius 3 is 3.00 bits per heavy atom. The van der Waals surface area contributed by atoms with E-state index in [0.29, 0.717) is 0 Å². The van der Waals surface area contributed by atoms with Gasteiger partial charge in [-0.15, -0.1) is 11.3 Å². The number of rotatable bonds is 0. The molecule has 0 aliphatic carbocycles. The highest BCUT2D eigenvalue weighted by atomic mass is 32.1. The lowest BCUT2D eigenvalue weighted by molar-refractivity contribution is 1.00. The molecular weight excluding hydrogens is 172 g/mol. The van der Waals surface area contributed by atoms with Crippen LogP contribution in [0.25, 0.3) is 4.96 Å². The van der Waals surface area contributed by atoms with Crippen LogP contribution in [-0.2, 0) is 0 Å². The van der Waals surface area contributed by atoms with Gasteiger partial charge in [0.2, 0.25) is 0 Å². The van der Waals surface area contributed by atoms with Gasteiger partial charge >= 0.3 is 0 Å². The molecule has 0 fully saturated rings. The largest absolute Gasteiger partial charge is 0.296 e. The molecular formula is C8H8N2OS. The van der Waals surface area contributed by atoms with Gasteiger partial charge in [-0.1, -0.05) is 0 Å². The maximum atomic E-state index is 11.2. The third-order valence-electron chi connectivity index (χ3n) is 2.01. The van der Waals surface area contributed by atoms with Crippen LogP contribution >= 0.6 is 11.3 Å². The molecule has 0 saturated carbocycles. The van der Waals surface area contributed by atoms with E-state index in [2.05, 4.69) is 4.98 Å². The van der Waals surface area contributed by atoms with Gasteiger partial charge in [-0.05, 0) is 13.8 Å². The molecule has 0 atom stereocenters. The topological polar surface area (TPSA) is 34.4 Å². The molecule has 0 aliphatic heterocycles. The van der Waals surface area contributed by atoms with Crippen molar-refractivity contribution < 1.29 is 0 Å². The van der Waals surface area contributed by atoms with E-state index in [-0.39, 0.29) is 5.56 Å². The third-order valence-corrected chi connectivity index (χ3v) is 2.77. The summed E-state index contributed by atoms with van der Waals surface area (Å²) in [6, 6.07) is 0. The molecule has 2 aromatic heterocycles. The number of aryl methyl sites for hydroxylation is 1. The maximum absolute atomic E-state index is 11.2. The third kappa shape index (κ3) is 0.881. The molecule has 0 bridgehead atoms. The number of nitrogens with zero attached hydrogens (tertiary/aromatic N) is 2. The Labute approximate surface area is 73.3 Å². The van der Waals surface area contributed by atoms with Gasteiger partial charge in [0.1, 0.15) is 0 Å². The van der Waals surface area contributed by atoms with Gasteiger partial charge in [-0.2, -0.15) is 4.98 Å². The molecule has 0 aliphatic rings. The molecule has 0 radical (unpaired) electrons. The predicted octanol–water partition coefficient (Wildman–Crippen LogP) is 1.37. The molecule has 0 amide bonds. The number of hydrogen-bond donors (Lipinski definition) is 0. The summed E-state index contributed by atoms with van der Waals surface area (Å²) in [5.74, 6) is 0. The highest BCUT2D eigenvalue weighted by Gasteiger charge is 2.04. The van der Waals surface area contributed by atoms with Gasteiger partial charge in [-0.25, -0.2) is 0 Å². The van der Waals surface area contributed by atoms with Crippen LogP contribution in [0.3, 0.4) is 0 Å². The van der Waals surface area contributed by atoms with Crippen molar-refractivity contribution in [1.29, 1.82) is 0 Å². The Morgan fingerprint density at radius 1 is 1.50 bits per heavy atom. The van der Waals surface area contributed by atoms with E-state index >= 15 is 0 Å². The van der Waals surface area contributed by atoms with Crippen LogP contribution in [0.1, 0.15) is 11.3 Å². The molecule has 2 rings (SSSR count). The van der Waals surface area contributed by atoms with Gasteiger partial charge in [0.25, 0.3) is 5.56 Å². The Morgan fingerprint density at radius 2 is 2.25 bits per heavy atom. The summed E-state index contributed by atoms with van der Waals surface area (Å²) in [6.45, 7) is 3.73. The molecule has 0 saturated heterocycles. The van der Waals surface area contributed by atoms with Crippen LogP contribution < -0.4 is 5.56 Å². The lowest BCUT2D eigenvalue weighted by Gasteiger charge is -2.00. The van der Waals surface area contributed by atoms with E-state index in [1.807, 2.05) is 22.9 Å². The van der Waals surface area contributed by atoms with Gasteiger partial charge < -0.3 is 0 Å². The van der Waals surface area contributed by atoms with Gasteiger partial charge in [-0.3, -0.25) is 9.20 Å². The second kappa shape index (κ2) is 2.42. The second-order valence-corrected chi connectivity index (χ2v) is 3.56. The van der Waals surface area contributed by atoms with E-state index < -0.39 is 0 Å². The van der Waals surface area contributed by atoms with Crippen molar-refractivity contribution in [3.63, 3.8) is 0 Å². The Hall–Kier alpha value is -1.16. The summed E-state index contributed by atoms with van der Waals surface area (Å²) in [7, 11) is 0. The summed E-state index contributed by atoms with van der Waals surface area (Å²) in [4.78, 5) is 15.9. The smallest absolute Gasteiger partial charge is 0.277 e. The number of hydrogen-bond acceptors (Lipinski definition) is 3. The van der Waals surface area contributed by atoms with Crippen molar-refractivity contribution in [3.8, 4) is 0 Å². The SMILES string of the molecule is Cc1c(C)n2ccsc2nc1=O. The van der Waals surface area contributed by atoms with Crippen LogP contribution in [0.4, 0.5) is 0 Å². The van der Waals surface area contributed by atoms with Crippen molar-refractivity contribution in [2.45, 2.75) is 13.8 Å². The van der Waals surface area contributed by atoms with Crippen molar-refractivity contribution >= 4 is 16.3 Å². The summed E-state index contributed by atoms with van der Waals surface area (Å²) in [5, 5.41) is 1.92. The average molecular weight is 180 g/mol. The van der Waals surface area contributed by atoms with Crippen molar-refractivity contribution in [1.82, 2.24) is 9.38 Å². The van der Waals surface area contributed by atoms with Gasteiger partial charge in [0.05, 0.1) is 0 Å². The minimum Gasteiger partial charge on any atom is -0.296 e. The molecule has 0 unspecified atom stereocenters. The lowest BCUT2D eigenvalue weighted by atomic mass is 10.3. The molecule has 2 heterocycles. The minimum atomic E-state index is -0.116. The first-order valence-electron chi connectivity index (χ1n) is 3.63. The molecule has 0 spiro atoms. The van der Waals surface area contributed by atoms with Gasteiger partial charge in [0, 0.05) is 22.8 Å². The monoisotopic (exact) mass is 180 g/mol. The molecule has 2 aromatic rings. The van der Waals surface area contributed by atoms with Crippen LogP contribution in [0, 0.1) is 13.8 Å². The standard InChI is InChI=1S/C8H8N2OS/c1-5-6(2)10-3-4-12-8(10)9-7(5)11/h3-4H,1-2H3. The quantitative estimate of drug-likeness (QED) is 0.613. The van der Waals surface area contributed by atoms with Crippen LogP contribution in [0.5, 0.6) is 0 Å². The van der Waals surface area contributed by atoms with Crippen molar-refractivity contribution in [2.24, 2.45) is 0 Å². The summed E-state index contributed by atoms with van der Waals surface area (Å²) in [6.07, 6.45) is 1.93. The van der Waals surface area contributed by atoms with Crippen molar-refractivity contribution in [3.05, 3.63) is 33.2 Å². The Bertz CT molecular complexity index is 483. The van der Waals surface area contributed by atoms with Crippen LogP contribution in [0.2, 0.25) is 0 Å². The molecule has 0 aromatic carbocycles. The zero-order valence-corrected chi connectivity index (χ0v) is 7.68. The van der Waals surface area contributed by atoms with E-state index in [9.17, 15) is 4.79 Å². The number of thiazole rings is 1. The highest BCUT2D eigenvalue weighted by Crippen LogP contribution is 2.10. The minimum absolute atomic E-state index is 0.116. The highest BCUT2D eigenvalue weighted by molar-refractivity contribution is 7.15. The fourth-order valence-electron chi connectivity index (χ4n) is 1.11. The first kappa shape index (κ1) is 7.49. The number of aromatic nitrogens is 2. The zero-order valence-electron chi connectivity index (χ0n) is 6.87. The lowest BCUT2D eigenvalue weighted by Crippen LogP contribution is -2.13. The summed E-state index contributed by atoms with van der Waals surface area (Å²) in [5.41, 5.74) is 1.59. The molecule has 62 valence electrons. The summed E-state index contributed by atoms with van der Waals surface area (Å²) >= 11 is 1.48. The normalized spacial score (nSPS) is 10.8. The predicted molar refractivity (Wildman–Crippen MR) is 48.8 cm³/mol. The average Bonchev–Trinajstić information content (AvgIpc) is 2.48. The van der Waals surface area contributed by atoms with E-state index in [1.54, 1.807) is 6.92 Å². The first-order chi connectivity index (χ1) is 5.70. The molecule has 3 nitrogen and oxygen atoms in total. The van der Waals surface area contributed by atoms with Crippen LogP contribution in [0.15, 0.2) is 16.4 Å². The first-order valence-corrected chi connectivity index (χ1v) is 4.51. The fraction of sp³-hybridized carbons (Fsp3) is 0.250. The Balaban J connectivity index is 3.04. The van der Waals surface area contributed by atoms with Crippen LogP contribution in [-0.4, -0.2) is 9.38 Å². The maximum Gasteiger partial charge on any atom is 0.277 e. The van der Waals surface area contributed by atoms with E-state index in [4.69, 9.17) is 0 Å². The Kier molecular flexibility index (Phi) is 1.51.